The third kappa shape index (κ3) is 7.15. The molecule has 0 aliphatic rings. The van der Waals surface area contributed by atoms with E-state index in [1.807, 2.05) is 0 Å². The molecule has 2 nitrogen and oxygen atoms in total. The Morgan fingerprint density at radius 2 is 0.912 bits per heavy atom. The van der Waals surface area contributed by atoms with E-state index in [1.54, 1.807) is 0 Å². The molecule has 0 atom stereocenters. The molecule has 0 amide bonds. The molecule has 0 aliphatic carbocycles. The number of aromatic nitrogens is 1. The number of benzene rings is 11. The van der Waals surface area contributed by atoms with Crippen LogP contribution in [0, 0.1) is 13.8 Å². The largest absolute Gasteiger partial charge is 0.309 e. The maximum absolute atomic E-state index is 2.50. The summed E-state index contributed by atoms with van der Waals surface area (Å²) in [4.78, 5) is 2.49. The smallest absolute Gasteiger partial charge is 0.0562 e. The molecule has 0 N–H and O–H groups in total. The van der Waals surface area contributed by atoms with Gasteiger partial charge < -0.3 is 9.47 Å². The van der Waals surface area contributed by atoms with Crippen molar-refractivity contribution < 1.29 is 0 Å². The predicted molar refractivity (Wildman–Crippen MR) is 290 cm³/mol. The molecule has 1 heterocycles. The molecule has 2 heteroatoms. The van der Waals surface area contributed by atoms with Crippen molar-refractivity contribution in [3.63, 3.8) is 0 Å². The molecule has 12 aromatic rings. The maximum Gasteiger partial charge on any atom is 0.0562 e. The van der Waals surface area contributed by atoms with Gasteiger partial charge in [0.15, 0.2) is 0 Å². The molecule has 68 heavy (non-hydrogen) atoms. The highest BCUT2D eigenvalue weighted by Gasteiger charge is 2.25. The van der Waals surface area contributed by atoms with Crippen LogP contribution in [0.1, 0.15) is 11.1 Å². The van der Waals surface area contributed by atoms with Gasteiger partial charge in [0, 0.05) is 27.6 Å². The summed E-state index contributed by atoms with van der Waals surface area (Å²) >= 11 is 0. The Morgan fingerprint density at radius 3 is 1.69 bits per heavy atom. The van der Waals surface area contributed by atoms with Crippen LogP contribution in [0.4, 0.5) is 17.1 Å². The first kappa shape index (κ1) is 40.8. The zero-order chi connectivity index (χ0) is 45.6. The molecule has 322 valence electrons. The first-order valence-electron chi connectivity index (χ1n) is 23.5. The zero-order valence-electron chi connectivity index (χ0n) is 38.1. The first-order valence-corrected chi connectivity index (χ1v) is 23.5. The second-order valence-corrected chi connectivity index (χ2v) is 17.8. The number of hydrogen-bond acceptors (Lipinski definition) is 1. The van der Waals surface area contributed by atoms with E-state index in [4.69, 9.17) is 0 Å². The van der Waals surface area contributed by atoms with Gasteiger partial charge in [0.2, 0.25) is 0 Å². The minimum Gasteiger partial charge on any atom is -0.309 e. The molecular formula is C66H48N2. The van der Waals surface area contributed by atoms with Crippen molar-refractivity contribution in [2.24, 2.45) is 0 Å². The fourth-order valence-electron chi connectivity index (χ4n) is 10.4. The van der Waals surface area contributed by atoms with Crippen molar-refractivity contribution in [1.82, 2.24) is 4.57 Å². The van der Waals surface area contributed by atoms with Crippen LogP contribution in [0.25, 0.3) is 93.9 Å². The van der Waals surface area contributed by atoms with Gasteiger partial charge in [-0.2, -0.15) is 0 Å². The molecule has 0 saturated carbocycles. The van der Waals surface area contributed by atoms with Crippen molar-refractivity contribution in [2.75, 3.05) is 4.90 Å². The van der Waals surface area contributed by atoms with E-state index in [-0.39, 0.29) is 0 Å². The Bertz CT molecular complexity index is 3810. The third-order valence-corrected chi connectivity index (χ3v) is 13.6. The van der Waals surface area contributed by atoms with Crippen molar-refractivity contribution in [1.29, 1.82) is 0 Å². The van der Waals surface area contributed by atoms with Gasteiger partial charge in [0.1, 0.15) is 0 Å². The highest BCUT2D eigenvalue weighted by molar-refractivity contribution is 6.17. The van der Waals surface area contributed by atoms with Gasteiger partial charge in [-0.25, -0.2) is 0 Å². The monoisotopic (exact) mass is 868 g/mol. The molecule has 0 saturated heterocycles. The average Bonchev–Trinajstić information content (AvgIpc) is 3.74. The van der Waals surface area contributed by atoms with Crippen LogP contribution in [-0.2, 0) is 0 Å². The van der Waals surface area contributed by atoms with E-state index in [0.29, 0.717) is 0 Å². The van der Waals surface area contributed by atoms with Crippen molar-refractivity contribution in [2.45, 2.75) is 13.8 Å². The molecule has 12 rings (SSSR count). The number of para-hydroxylation sites is 2. The van der Waals surface area contributed by atoms with Gasteiger partial charge in [0.25, 0.3) is 0 Å². The highest BCUT2D eigenvalue weighted by atomic mass is 15.2. The molecule has 0 spiro atoms. The Labute approximate surface area is 398 Å². The Kier molecular flexibility index (Phi) is 10.3. The number of rotatable bonds is 9. The van der Waals surface area contributed by atoms with Crippen LogP contribution in [0.5, 0.6) is 0 Å². The summed E-state index contributed by atoms with van der Waals surface area (Å²) in [5, 5.41) is 4.88. The van der Waals surface area contributed by atoms with Gasteiger partial charge in [0.05, 0.1) is 28.1 Å². The highest BCUT2D eigenvalue weighted by Crippen LogP contribution is 2.49. The SMILES string of the molecule is Cc1ccc(-n2c3ccccc3c3c(N(c4ccc(-c5cccc(-c6ccccc6)c5)cc4)c4ccccc4-c4ccccc4-c4ccccc4)cccc32)c(-c2c(C)ccc3ccccc23)c1. The number of nitrogens with zero attached hydrogens (tertiary/aromatic N) is 2. The number of aryl methyl sites for hydroxylation is 2. The average molecular weight is 869 g/mol. The summed E-state index contributed by atoms with van der Waals surface area (Å²) in [7, 11) is 0. The van der Waals surface area contributed by atoms with Crippen LogP contribution in [0.3, 0.4) is 0 Å². The number of anilines is 3. The summed E-state index contributed by atoms with van der Waals surface area (Å²) in [6.45, 7) is 4.45. The van der Waals surface area contributed by atoms with Gasteiger partial charge in [-0.3, -0.25) is 0 Å². The molecule has 0 bridgehead atoms. The predicted octanol–water partition coefficient (Wildman–Crippen LogP) is 18.4. The fourth-order valence-corrected chi connectivity index (χ4v) is 10.4. The van der Waals surface area contributed by atoms with E-state index in [2.05, 4.69) is 278 Å². The Balaban J connectivity index is 1.10. The van der Waals surface area contributed by atoms with Gasteiger partial charge in [-0.1, -0.05) is 206 Å². The fraction of sp³-hybridized carbons (Fsp3) is 0.0303. The lowest BCUT2D eigenvalue weighted by Gasteiger charge is -2.29. The Morgan fingerprint density at radius 1 is 0.338 bits per heavy atom. The molecule has 0 fully saturated rings. The lowest BCUT2D eigenvalue weighted by atomic mass is 9.92. The second kappa shape index (κ2) is 17.3. The minimum atomic E-state index is 1.07. The minimum absolute atomic E-state index is 1.07. The number of fused-ring (bicyclic) bond motifs is 4. The Hall–Kier alpha value is -8.72. The van der Waals surface area contributed by atoms with E-state index in [1.165, 1.54) is 82.7 Å². The van der Waals surface area contributed by atoms with E-state index in [9.17, 15) is 0 Å². The van der Waals surface area contributed by atoms with Crippen molar-refractivity contribution in [3.05, 3.63) is 266 Å². The summed E-state index contributed by atoms with van der Waals surface area (Å²) in [6, 6.07) is 93.2. The topological polar surface area (TPSA) is 8.17 Å². The van der Waals surface area contributed by atoms with Crippen LogP contribution in [-0.4, -0.2) is 4.57 Å². The van der Waals surface area contributed by atoms with Crippen molar-refractivity contribution in [3.8, 4) is 61.3 Å². The quantitative estimate of drug-likeness (QED) is 0.140. The molecule has 0 aliphatic heterocycles. The van der Waals surface area contributed by atoms with Crippen LogP contribution in [0.2, 0.25) is 0 Å². The van der Waals surface area contributed by atoms with Gasteiger partial charge in [-0.05, 0) is 129 Å². The van der Waals surface area contributed by atoms with E-state index >= 15 is 0 Å². The summed E-state index contributed by atoms with van der Waals surface area (Å²) < 4.78 is 2.50. The molecule has 1 aromatic heterocycles. The van der Waals surface area contributed by atoms with Crippen molar-refractivity contribution >= 4 is 49.6 Å². The van der Waals surface area contributed by atoms with Crippen LogP contribution < -0.4 is 4.90 Å². The normalized spacial score (nSPS) is 11.4. The van der Waals surface area contributed by atoms with Crippen LogP contribution >= 0.6 is 0 Å². The lowest BCUT2D eigenvalue weighted by molar-refractivity contribution is 1.17. The van der Waals surface area contributed by atoms with Gasteiger partial charge >= 0.3 is 0 Å². The summed E-state index contributed by atoms with van der Waals surface area (Å²) in [5.41, 5.74) is 21.2. The molecular weight excluding hydrogens is 821 g/mol. The maximum atomic E-state index is 2.50. The van der Waals surface area contributed by atoms with E-state index < -0.39 is 0 Å². The molecule has 11 aromatic carbocycles. The summed E-state index contributed by atoms with van der Waals surface area (Å²) in [6.07, 6.45) is 0. The third-order valence-electron chi connectivity index (χ3n) is 13.6. The zero-order valence-corrected chi connectivity index (χ0v) is 38.1. The van der Waals surface area contributed by atoms with Crippen LogP contribution in [0.15, 0.2) is 255 Å². The molecule has 0 unspecified atom stereocenters. The van der Waals surface area contributed by atoms with Gasteiger partial charge in [-0.15, -0.1) is 0 Å². The first-order chi connectivity index (χ1) is 33.6. The second-order valence-electron chi connectivity index (χ2n) is 17.8. The number of hydrogen-bond donors (Lipinski definition) is 0. The van der Waals surface area contributed by atoms with E-state index in [0.717, 1.165) is 39.3 Å². The lowest BCUT2D eigenvalue weighted by Crippen LogP contribution is -2.12. The molecule has 0 radical (unpaired) electrons. The summed E-state index contributed by atoms with van der Waals surface area (Å²) in [5.74, 6) is 0. The standard InChI is InChI=1S/C66H48N2/c1-45-35-42-62(59(43-45)65-46(2)36-37-50-23-9-10-27-55(50)65)68-61-32-16-14-30-58(61)66-63(33-18-34-64(66)68)67(53-40-38-48(39-41-53)52-25-17-24-51(44-52)47-19-5-3-6-20-47)60-31-15-13-29-57(60)56-28-12-11-26-54(56)49-21-7-4-8-22-49/h3-44H,1-2H3.